The van der Waals surface area contributed by atoms with Crippen LogP contribution in [-0.2, 0) is 25.8 Å². The fourth-order valence-corrected chi connectivity index (χ4v) is 5.78. The third-order valence-electron chi connectivity index (χ3n) is 5.83. The van der Waals surface area contributed by atoms with Gasteiger partial charge < -0.3 is 14.5 Å². The minimum absolute atomic E-state index is 0.0396. The third kappa shape index (κ3) is 5.60. The van der Waals surface area contributed by atoms with Crippen LogP contribution in [0.25, 0.3) is 0 Å². The summed E-state index contributed by atoms with van der Waals surface area (Å²) in [6, 6.07) is -0.254. The number of carbonyl (C=O) groups is 1. The summed E-state index contributed by atoms with van der Waals surface area (Å²) in [5, 5.41) is 0. The SMILES string of the molecule is CCCCN(C(=O)CCc1c(C)nc(N2CCOCC2)[nH]c1=O)C1CCS(=O)(=O)C1. The monoisotopic (exact) mass is 440 g/mol. The van der Waals surface area contributed by atoms with Crippen LogP contribution in [0.3, 0.4) is 0 Å². The van der Waals surface area contributed by atoms with Crippen LogP contribution in [0.4, 0.5) is 5.95 Å². The molecular formula is C20H32N4O5S. The first-order valence-electron chi connectivity index (χ1n) is 10.7. The van der Waals surface area contributed by atoms with E-state index in [2.05, 4.69) is 9.97 Å². The highest BCUT2D eigenvalue weighted by Crippen LogP contribution is 2.20. The van der Waals surface area contributed by atoms with Gasteiger partial charge in [-0.15, -0.1) is 0 Å². The molecule has 168 valence electrons. The van der Waals surface area contributed by atoms with E-state index in [9.17, 15) is 18.0 Å². The van der Waals surface area contributed by atoms with Gasteiger partial charge in [0.15, 0.2) is 9.84 Å². The zero-order chi connectivity index (χ0) is 21.7. The van der Waals surface area contributed by atoms with E-state index in [1.54, 1.807) is 11.8 Å². The van der Waals surface area contributed by atoms with Gasteiger partial charge >= 0.3 is 0 Å². The fourth-order valence-electron chi connectivity index (χ4n) is 4.05. The standard InChI is InChI=1S/C20H32N4O5S/c1-3-4-8-24(16-7-13-30(27,28)14-16)18(25)6-5-17-15(2)21-20(22-19(17)26)23-9-11-29-12-10-23/h16H,3-14H2,1-2H3,(H,21,22,26). The van der Waals surface area contributed by atoms with Crippen molar-refractivity contribution in [3.63, 3.8) is 0 Å². The number of H-pyrrole nitrogens is 1. The number of sulfone groups is 1. The smallest absolute Gasteiger partial charge is 0.255 e. The molecule has 1 N–H and O–H groups in total. The Kier molecular flexibility index (Phi) is 7.51. The molecule has 10 heteroatoms. The summed E-state index contributed by atoms with van der Waals surface area (Å²) in [7, 11) is -3.07. The van der Waals surface area contributed by atoms with Crippen LogP contribution in [-0.4, -0.2) is 79.6 Å². The summed E-state index contributed by atoms with van der Waals surface area (Å²) in [6.45, 7) is 6.94. The first kappa shape index (κ1) is 22.7. The molecule has 1 aromatic rings. The molecule has 1 unspecified atom stereocenters. The van der Waals surface area contributed by atoms with Crippen molar-refractivity contribution in [2.24, 2.45) is 0 Å². The number of rotatable bonds is 8. The number of unbranched alkanes of at least 4 members (excludes halogenated alkanes) is 1. The lowest BCUT2D eigenvalue weighted by molar-refractivity contribution is -0.133. The first-order valence-corrected chi connectivity index (χ1v) is 12.5. The number of aryl methyl sites for hydroxylation is 1. The van der Waals surface area contributed by atoms with Crippen molar-refractivity contribution in [3.8, 4) is 0 Å². The van der Waals surface area contributed by atoms with Gasteiger partial charge in [-0.25, -0.2) is 13.4 Å². The lowest BCUT2D eigenvalue weighted by Crippen LogP contribution is -2.42. The van der Waals surface area contributed by atoms with Crippen LogP contribution in [0.15, 0.2) is 4.79 Å². The van der Waals surface area contributed by atoms with Crippen molar-refractivity contribution in [1.29, 1.82) is 0 Å². The van der Waals surface area contributed by atoms with Gasteiger partial charge in [0.05, 0.1) is 24.7 Å². The maximum Gasteiger partial charge on any atom is 0.255 e. The molecule has 2 saturated heterocycles. The quantitative estimate of drug-likeness (QED) is 0.632. The number of ether oxygens (including phenoxy) is 1. The number of nitrogens with zero attached hydrogens (tertiary/aromatic N) is 3. The topological polar surface area (TPSA) is 113 Å². The van der Waals surface area contributed by atoms with Gasteiger partial charge in [-0.3, -0.25) is 14.6 Å². The molecule has 1 aromatic heterocycles. The summed E-state index contributed by atoms with van der Waals surface area (Å²) in [4.78, 5) is 36.7. The van der Waals surface area contributed by atoms with E-state index in [-0.39, 0.29) is 35.4 Å². The van der Waals surface area contributed by atoms with Gasteiger partial charge in [0, 0.05) is 43.4 Å². The predicted molar refractivity (Wildman–Crippen MR) is 115 cm³/mol. The van der Waals surface area contributed by atoms with Crippen LogP contribution >= 0.6 is 0 Å². The molecule has 0 aliphatic carbocycles. The van der Waals surface area contributed by atoms with E-state index in [0.717, 1.165) is 12.8 Å². The van der Waals surface area contributed by atoms with Gasteiger partial charge in [0.25, 0.3) is 5.56 Å². The minimum atomic E-state index is -3.07. The van der Waals surface area contributed by atoms with Crippen molar-refractivity contribution in [3.05, 3.63) is 21.6 Å². The lowest BCUT2D eigenvalue weighted by atomic mass is 10.1. The zero-order valence-corrected chi connectivity index (χ0v) is 18.7. The number of hydrogen-bond donors (Lipinski definition) is 1. The number of nitrogens with one attached hydrogen (secondary N) is 1. The van der Waals surface area contributed by atoms with E-state index in [4.69, 9.17) is 4.74 Å². The Bertz CT molecular complexity index is 908. The van der Waals surface area contributed by atoms with Crippen LogP contribution < -0.4 is 10.5 Å². The largest absolute Gasteiger partial charge is 0.378 e. The number of aromatic nitrogens is 2. The van der Waals surface area contributed by atoms with E-state index in [1.165, 1.54) is 0 Å². The number of morpholine rings is 1. The van der Waals surface area contributed by atoms with Crippen LogP contribution in [0.1, 0.15) is 43.9 Å². The average Bonchev–Trinajstić information content (AvgIpc) is 3.07. The van der Waals surface area contributed by atoms with E-state index < -0.39 is 9.84 Å². The highest BCUT2D eigenvalue weighted by Gasteiger charge is 2.34. The van der Waals surface area contributed by atoms with E-state index in [1.807, 2.05) is 11.8 Å². The Morgan fingerprint density at radius 1 is 1.33 bits per heavy atom. The number of carbonyl (C=O) groups excluding carboxylic acids is 1. The maximum absolute atomic E-state index is 12.9. The Balaban J connectivity index is 1.68. The number of hydrogen-bond acceptors (Lipinski definition) is 7. The van der Waals surface area contributed by atoms with Crippen LogP contribution in [0.2, 0.25) is 0 Å². The summed E-state index contributed by atoms with van der Waals surface area (Å²) in [5.74, 6) is 0.621. The summed E-state index contributed by atoms with van der Waals surface area (Å²) in [5.41, 5.74) is 0.909. The summed E-state index contributed by atoms with van der Waals surface area (Å²) < 4.78 is 29.1. The summed E-state index contributed by atoms with van der Waals surface area (Å²) >= 11 is 0. The van der Waals surface area contributed by atoms with Gasteiger partial charge in [0.1, 0.15) is 0 Å². The highest BCUT2D eigenvalue weighted by molar-refractivity contribution is 7.91. The van der Waals surface area contributed by atoms with Crippen LogP contribution in [0.5, 0.6) is 0 Å². The molecule has 30 heavy (non-hydrogen) atoms. The molecule has 2 aliphatic heterocycles. The molecule has 1 amide bonds. The summed E-state index contributed by atoms with van der Waals surface area (Å²) in [6.07, 6.45) is 2.71. The molecule has 2 fully saturated rings. The van der Waals surface area contributed by atoms with Crippen molar-refractivity contribution in [2.45, 2.75) is 52.0 Å². The molecule has 0 spiro atoms. The van der Waals surface area contributed by atoms with Gasteiger partial charge in [-0.05, 0) is 26.2 Å². The molecule has 3 rings (SSSR count). The van der Waals surface area contributed by atoms with Crippen LogP contribution in [0, 0.1) is 6.92 Å². The molecule has 1 atom stereocenters. The van der Waals surface area contributed by atoms with Gasteiger partial charge in [-0.2, -0.15) is 0 Å². The van der Waals surface area contributed by atoms with Crippen molar-refractivity contribution in [2.75, 3.05) is 49.3 Å². The molecule has 0 bridgehead atoms. The Labute approximate surface area is 177 Å². The van der Waals surface area contributed by atoms with Crippen molar-refractivity contribution in [1.82, 2.24) is 14.9 Å². The van der Waals surface area contributed by atoms with Gasteiger partial charge in [-0.1, -0.05) is 13.3 Å². The number of amides is 1. The zero-order valence-electron chi connectivity index (χ0n) is 17.9. The minimum Gasteiger partial charge on any atom is -0.378 e. The molecule has 0 radical (unpaired) electrons. The van der Waals surface area contributed by atoms with Gasteiger partial charge in [0.2, 0.25) is 11.9 Å². The second-order valence-electron chi connectivity index (χ2n) is 8.05. The Hall–Kier alpha value is -1.94. The number of anilines is 1. The fraction of sp³-hybridized carbons (Fsp3) is 0.750. The lowest BCUT2D eigenvalue weighted by Gasteiger charge is -2.29. The van der Waals surface area contributed by atoms with Crippen molar-refractivity contribution >= 4 is 21.7 Å². The van der Waals surface area contributed by atoms with Crippen molar-refractivity contribution < 1.29 is 17.9 Å². The Morgan fingerprint density at radius 3 is 2.67 bits per heavy atom. The molecule has 9 nitrogen and oxygen atoms in total. The highest BCUT2D eigenvalue weighted by atomic mass is 32.2. The molecule has 3 heterocycles. The Morgan fingerprint density at radius 2 is 2.07 bits per heavy atom. The first-order chi connectivity index (χ1) is 14.3. The molecule has 2 aliphatic rings. The van der Waals surface area contributed by atoms with E-state index >= 15 is 0 Å². The third-order valence-corrected chi connectivity index (χ3v) is 7.58. The molecule has 0 saturated carbocycles. The maximum atomic E-state index is 12.9. The normalized spacial score (nSPS) is 21.0. The second-order valence-corrected chi connectivity index (χ2v) is 10.3. The molecular weight excluding hydrogens is 408 g/mol. The van der Waals surface area contributed by atoms with E-state index in [0.29, 0.717) is 62.9 Å². The second kappa shape index (κ2) is 9.91. The average molecular weight is 441 g/mol. The number of aromatic amines is 1. The predicted octanol–water partition coefficient (Wildman–Crippen LogP) is 0.663. The molecule has 0 aromatic carbocycles.